The van der Waals surface area contributed by atoms with E-state index in [9.17, 15) is 13.2 Å². The van der Waals surface area contributed by atoms with Gasteiger partial charge in [-0.05, 0) is 42.3 Å². The molecule has 0 aliphatic carbocycles. The highest BCUT2D eigenvalue weighted by atomic mass is 32.2. The number of carbonyl (C=O) groups is 1. The SMILES string of the molecule is COC(=O)Nc1ccc2[nH]cc(CCNS(=O)(=O)c3ccccc3)c2c1. The number of ether oxygens (including phenoxy) is 1. The van der Waals surface area contributed by atoms with E-state index in [4.69, 9.17) is 0 Å². The van der Waals surface area contributed by atoms with Crippen molar-refractivity contribution in [2.45, 2.75) is 11.3 Å². The van der Waals surface area contributed by atoms with Gasteiger partial charge in [-0.1, -0.05) is 18.2 Å². The fraction of sp³-hybridized carbons (Fsp3) is 0.167. The van der Waals surface area contributed by atoms with Crippen molar-refractivity contribution in [1.29, 1.82) is 0 Å². The Morgan fingerprint density at radius 1 is 1.15 bits per heavy atom. The van der Waals surface area contributed by atoms with Gasteiger partial charge in [0.15, 0.2) is 0 Å². The van der Waals surface area contributed by atoms with Gasteiger partial charge >= 0.3 is 6.09 Å². The van der Waals surface area contributed by atoms with Crippen molar-refractivity contribution < 1.29 is 17.9 Å². The molecule has 0 saturated carbocycles. The fourth-order valence-electron chi connectivity index (χ4n) is 2.63. The Labute approximate surface area is 151 Å². The van der Waals surface area contributed by atoms with Crippen molar-refractivity contribution in [1.82, 2.24) is 9.71 Å². The minimum atomic E-state index is -3.53. The number of amides is 1. The molecule has 0 radical (unpaired) electrons. The standard InChI is InChI=1S/C18H19N3O4S/c1-25-18(22)21-14-7-8-17-16(11-14)13(12-19-17)9-10-20-26(23,24)15-5-3-2-4-6-15/h2-8,11-12,19-20H,9-10H2,1H3,(H,21,22). The zero-order chi connectivity index (χ0) is 18.6. The predicted molar refractivity (Wildman–Crippen MR) is 99.7 cm³/mol. The minimum absolute atomic E-state index is 0.239. The largest absolute Gasteiger partial charge is 0.453 e. The third-order valence-corrected chi connectivity index (χ3v) is 5.42. The Balaban J connectivity index is 1.71. The van der Waals surface area contributed by atoms with E-state index in [2.05, 4.69) is 19.8 Å². The number of sulfonamides is 1. The number of nitrogens with one attached hydrogen (secondary N) is 3. The lowest BCUT2D eigenvalue weighted by Crippen LogP contribution is -2.25. The van der Waals surface area contributed by atoms with Crippen LogP contribution in [0.15, 0.2) is 59.6 Å². The monoisotopic (exact) mass is 373 g/mol. The summed E-state index contributed by atoms with van der Waals surface area (Å²) < 4.78 is 31.7. The second-order valence-electron chi connectivity index (χ2n) is 5.65. The average Bonchev–Trinajstić information content (AvgIpc) is 3.04. The molecular formula is C18H19N3O4S. The first-order valence-electron chi connectivity index (χ1n) is 7.99. The molecule has 1 aromatic heterocycles. The molecule has 2 aromatic carbocycles. The van der Waals surface area contributed by atoms with E-state index in [1.807, 2.05) is 18.3 Å². The molecule has 3 N–H and O–H groups in total. The number of methoxy groups -OCH3 is 1. The highest BCUT2D eigenvalue weighted by Gasteiger charge is 2.13. The van der Waals surface area contributed by atoms with Crippen molar-refractivity contribution in [2.75, 3.05) is 19.0 Å². The van der Waals surface area contributed by atoms with Gasteiger partial charge in [0, 0.05) is 29.3 Å². The molecule has 0 atom stereocenters. The van der Waals surface area contributed by atoms with Gasteiger partial charge in [-0.25, -0.2) is 17.9 Å². The number of H-pyrrole nitrogens is 1. The van der Waals surface area contributed by atoms with Crippen LogP contribution in [0.1, 0.15) is 5.56 Å². The summed E-state index contributed by atoms with van der Waals surface area (Å²) in [4.78, 5) is 14.7. The van der Waals surface area contributed by atoms with Crippen LogP contribution in [0.2, 0.25) is 0 Å². The molecular weight excluding hydrogens is 354 g/mol. The predicted octanol–water partition coefficient (Wildman–Crippen LogP) is 2.87. The zero-order valence-electron chi connectivity index (χ0n) is 14.2. The van der Waals surface area contributed by atoms with E-state index < -0.39 is 16.1 Å². The molecule has 0 saturated heterocycles. The van der Waals surface area contributed by atoms with Crippen LogP contribution >= 0.6 is 0 Å². The van der Waals surface area contributed by atoms with Gasteiger partial charge in [0.1, 0.15) is 0 Å². The topological polar surface area (TPSA) is 100 Å². The van der Waals surface area contributed by atoms with Gasteiger partial charge in [0.2, 0.25) is 10.0 Å². The normalized spacial score (nSPS) is 11.4. The number of carbonyl (C=O) groups excluding carboxylic acids is 1. The summed E-state index contributed by atoms with van der Waals surface area (Å²) in [7, 11) is -2.23. The van der Waals surface area contributed by atoms with Crippen LogP contribution < -0.4 is 10.0 Å². The van der Waals surface area contributed by atoms with Gasteiger partial charge in [0.05, 0.1) is 12.0 Å². The number of hydrogen-bond acceptors (Lipinski definition) is 4. The van der Waals surface area contributed by atoms with Crippen molar-refractivity contribution in [2.24, 2.45) is 0 Å². The van der Waals surface area contributed by atoms with Crippen molar-refractivity contribution in [3.8, 4) is 0 Å². The highest BCUT2D eigenvalue weighted by Crippen LogP contribution is 2.23. The third kappa shape index (κ3) is 4.04. The zero-order valence-corrected chi connectivity index (χ0v) is 15.0. The molecule has 0 aliphatic heterocycles. The number of hydrogen-bond donors (Lipinski definition) is 3. The van der Waals surface area contributed by atoms with Crippen LogP contribution in [0.5, 0.6) is 0 Å². The van der Waals surface area contributed by atoms with Crippen LogP contribution in [0.4, 0.5) is 10.5 Å². The van der Waals surface area contributed by atoms with Crippen LogP contribution in [0, 0.1) is 0 Å². The molecule has 1 amide bonds. The average molecular weight is 373 g/mol. The summed E-state index contributed by atoms with van der Waals surface area (Å²) >= 11 is 0. The van der Waals surface area contributed by atoms with E-state index in [-0.39, 0.29) is 11.4 Å². The maximum atomic E-state index is 12.3. The quantitative estimate of drug-likeness (QED) is 0.618. The smallest absolute Gasteiger partial charge is 0.411 e. The molecule has 7 nitrogen and oxygen atoms in total. The number of rotatable bonds is 6. The van der Waals surface area contributed by atoms with Crippen LogP contribution in [-0.4, -0.2) is 33.1 Å². The summed E-state index contributed by atoms with van der Waals surface area (Å²) in [5.74, 6) is 0. The molecule has 0 fully saturated rings. The van der Waals surface area contributed by atoms with Gasteiger partial charge < -0.3 is 9.72 Å². The molecule has 1 heterocycles. The van der Waals surface area contributed by atoms with Crippen molar-refractivity contribution in [3.05, 3.63) is 60.3 Å². The van der Waals surface area contributed by atoms with Crippen LogP contribution in [-0.2, 0) is 21.2 Å². The summed E-state index contributed by atoms with van der Waals surface area (Å²) in [5, 5.41) is 3.53. The molecule has 136 valence electrons. The molecule has 0 bridgehead atoms. The third-order valence-electron chi connectivity index (χ3n) is 3.94. The summed E-state index contributed by atoms with van der Waals surface area (Å²) in [6.45, 7) is 0.263. The van der Waals surface area contributed by atoms with Gasteiger partial charge in [-0.15, -0.1) is 0 Å². The lowest BCUT2D eigenvalue weighted by Gasteiger charge is -2.07. The lowest BCUT2D eigenvalue weighted by atomic mass is 10.1. The Morgan fingerprint density at radius 2 is 1.92 bits per heavy atom. The van der Waals surface area contributed by atoms with Crippen molar-refractivity contribution >= 4 is 32.7 Å². The second kappa shape index (κ2) is 7.59. The van der Waals surface area contributed by atoms with Crippen LogP contribution in [0.3, 0.4) is 0 Å². The number of aromatic amines is 1. The first kappa shape index (κ1) is 18.0. The molecule has 26 heavy (non-hydrogen) atoms. The molecule has 0 unspecified atom stereocenters. The number of benzene rings is 2. The number of fused-ring (bicyclic) bond motifs is 1. The van der Waals surface area contributed by atoms with Crippen LogP contribution in [0.25, 0.3) is 10.9 Å². The molecule has 0 aliphatic rings. The number of anilines is 1. The Morgan fingerprint density at radius 3 is 2.65 bits per heavy atom. The van der Waals surface area contributed by atoms with E-state index in [1.165, 1.54) is 7.11 Å². The molecule has 0 spiro atoms. The van der Waals surface area contributed by atoms with Gasteiger partial charge in [-0.2, -0.15) is 0 Å². The highest BCUT2D eigenvalue weighted by molar-refractivity contribution is 7.89. The first-order chi connectivity index (χ1) is 12.5. The first-order valence-corrected chi connectivity index (χ1v) is 9.47. The van der Waals surface area contributed by atoms with Gasteiger partial charge in [0.25, 0.3) is 0 Å². The van der Waals surface area contributed by atoms with E-state index in [0.717, 1.165) is 16.5 Å². The second-order valence-corrected chi connectivity index (χ2v) is 7.42. The number of aromatic nitrogens is 1. The summed E-state index contributed by atoms with van der Waals surface area (Å²) in [5.41, 5.74) is 2.46. The summed E-state index contributed by atoms with van der Waals surface area (Å²) in [6.07, 6.45) is 1.80. The van der Waals surface area contributed by atoms with Crippen molar-refractivity contribution in [3.63, 3.8) is 0 Å². The minimum Gasteiger partial charge on any atom is -0.453 e. The molecule has 3 aromatic rings. The maximum absolute atomic E-state index is 12.3. The Hall–Kier alpha value is -2.84. The summed E-state index contributed by atoms with van der Waals surface area (Å²) in [6, 6.07) is 13.7. The molecule has 8 heteroatoms. The lowest BCUT2D eigenvalue weighted by molar-refractivity contribution is 0.187. The van der Waals surface area contributed by atoms with E-state index >= 15 is 0 Å². The maximum Gasteiger partial charge on any atom is 0.411 e. The molecule has 3 rings (SSSR count). The Kier molecular flexibility index (Phi) is 5.24. The Bertz CT molecular complexity index is 1010. The van der Waals surface area contributed by atoms with E-state index in [1.54, 1.807) is 36.4 Å². The fourth-order valence-corrected chi connectivity index (χ4v) is 3.69. The van der Waals surface area contributed by atoms with E-state index in [0.29, 0.717) is 12.1 Å². The van der Waals surface area contributed by atoms with Gasteiger partial charge in [-0.3, -0.25) is 5.32 Å².